The van der Waals surface area contributed by atoms with Gasteiger partial charge in [0.15, 0.2) is 0 Å². The Morgan fingerprint density at radius 1 is 1.40 bits per heavy atom. The van der Waals surface area contributed by atoms with Crippen molar-refractivity contribution in [2.24, 2.45) is 5.84 Å². The molecule has 1 fully saturated rings. The standard InChI is InChI=1S/C15H24N4O/c1-11-9-13(5-6-14(11)18-16)15(20)17-12(2)10-19-7-3-4-8-19/h5-6,9,12,18H,3-4,7-8,10,16H2,1-2H3,(H,17,20). The van der Waals surface area contributed by atoms with Crippen LogP contribution >= 0.6 is 0 Å². The monoisotopic (exact) mass is 276 g/mol. The lowest BCUT2D eigenvalue weighted by molar-refractivity contribution is 0.0932. The van der Waals surface area contributed by atoms with Gasteiger partial charge in [-0.05, 0) is 63.5 Å². The second kappa shape index (κ2) is 6.72. The molecule has 5 heteroatoms. The summed E-state index contributed by atoms with van der Waals surface area (Å²) in [6.07, 6.45) is 2.54. The van der Waals surface area contributed by atoms with Crippen molar-refractivity contribution < 1.29 is 4.79 Å². The number of rotatable bonds is 5. The van der Waals surface area contributed by atoms with E-state index in [9.17, 15) is 4.79 Å². The number of carbonyl (C=O) groups is 1. The van der Waals surface area contributed by atoms with Gasteiger partial charge < -0.3 is 15.6 Å². The van der Waals surface area contributed by atoms with Crippen LogP contribution < -0.4 is 16.6 Å². The largest absolute Gasteiger partial charge is 0.348 e. The second-order valence-corrected chi connectivity index (χ2v) is 5.56. The first-order chi connectivity index (χ1) is 9.60. The van der Waals surface area contributed by atoms with Gasteiger partial charge in [-0.1, -0.05) is 0 Å². The summed E-state index contributed by atoms with van der Waals surface area (Å²) in [7, 11) is 0. The molecule has 1 saturated heterocycles. The van der Waals surface area contributed by atoms with Crippen molar-refractivity contribution in [3.63, 3.8) is 0 Å². The number of benzene rings is 1. The van der Waals surface area contributed by atoms with E-state index in [-0.39, 0.29) is 11.9 Å². The molecule has 0 aromatic heterocycles. The Bertz CT molecular complexity index is 469. The Hall–Kier alpha value is -1.59. The van der Waals surface area contributed by atoms with Crippen LogP contribution in [0.4, 0.5) is 5.69 Å². The zero-order chi connectivity index (χ0) is 14.5. The summed E-state index contributed by atoms with van der Waals surface area (Å²) in [5.41, 5.74) is 5.09. The highest BCUT2D eigenvalue weighted by atomic mass is 16.1. The fourth-order valence-corrected chi connectivity index (χ4v) is 2.67. The molecule has 5 nitrogen and oxygen atoms in total. The number of carbonyl (C=O) groups excluding carboxylic acids is 1. The Morgan fingerprint density at radius 3 is 2.70 bits per heavy atom. The van der Waals surface area contributed by atoms with Gasteiger partial charge in [-0.15, -0.1) is 0 Å². The molecule has 4 N–H and O–H groups in total. The lowest BCUT2D eigenvalue weighted by Crippen LogP contribution is -2.41. The summed E-state index contributed by atoms with van der Waals surface area (Å²) < 4.78 is 0. The minimum absolute atomic E-state index is 0.0247. The summed E-state index contributed by atoms with van der Waals surface area (Å²) in [6.45, 7) is 7.21. The number of nitrogens with zero attached hydrogens (tertiary/aromatic N) is 1. The normalized spacial score (nSPS) is 16.9. The van der Waals surface area contributed by atoms with Crippen LogP contribution in [-0.2, 0) is 0 Å². The van der Waals surface area contributed by atoms with Crippen LogP contribution in [0, 0.1) is 6.92 Å². The van der Waals surface area contributed by atoms with E-state index in [1.807, 2.05) is 19.1 Å². The van der Waals surface area contributed by atoms with E-state index >= 15 is 0 Å². The molecule has 1 aliphatic heterocycles. The Balaban J connectivity index is 1.91. The smallest absolute Gasteiger partial charge is 0.251 e. The number of anilines is 1. The molecule has 20 heavy (non-hydrogen) atoms. The second-order valence-electron chi connectivity index (χ2n) is 5.56. The highest BCUT2D eigenvalue weighted by molar-refractivity contribution is 5.95. The summed E-state index contributed by atoms with van der Waals surface area (Å²) >= 11 is 0. The Morgan fingerprint density at radius 2 is 2.10 bits per heavy atom. The molecule has 1 aromatic carbocycles. The molecule has 0 aliphatic carbocycles. The number of aryl methyl sites for hydroxylation is 1. The van der Waals surface area contributed by atoms with Gasteiger partial charge in [0.2, 0.25) is 0 Å². The summed E-state index contributed by atoms with van der Waals surface area (Å²) in [5, 5.41) is 3.06. The number of hydrogen-bond donors (Lipinski definition) is 3. The van der Waals surface area contributed by atoms with Gasteiger partial charge in [-0.3, -0.25) is 10.6 Å². The fourth-order valence-electron chi connectivity index (χ4n) is 2.67. The molecule has 1 unspecified atom stereocenters. The SMILES string of the molecule is Cc1cc(C(=O)NC(C)CN2CCCC2)ccc1NN. The van der Waals surface area contributed by atoms with Gasteiger partial charge in [0.25, 0.3) is 5.91 Å². The van der Waals surface area contributed by atoms with E-state index < -0.39 is 0 Å². The Kier molecular flexibility index (Phi) is 4.98. The topological polar surface area (TPSA) is 70.4 Å². The van der Waals surface area contributed by atoms with Gasteiger partial charge in [0, 0.05) is 18.2 Å². The number of nitrogens with one attached hydrogen (secondary N) is 2. The van der Waals surface area contributed by atoms with Gasteiger partial charge in [0.05, 0.1) is 5.69 Å². The molecule has 1 heterocycles. The molecule has 1 atom stereocenters. The first-order valence-corrected chi connectivity index (χ1v) is 7.20. The fraction of sp³-hybridized carbons (Fsp3) is 0.533. The van der Waals surface area contributed by atoms with Crippen LogP contribution in [0.3, 0.4) is 0 Å². The molecule has 0 saturated carbocycles. The maximum Gasteiger partial charge on any atom is 0.251 e. The van der Waals surface area contributed by atoms with E-state index in [1.165, 1.54) is 12.8 Å². The maximum absolute atomic E-state index is 12.2. The van der Waals surface area contributed by atoms with Crippen molar-refractivity contribution in [2.75, 3.05) is 25.1 Å². The maximum atomic E-state index is 12.2. The molecule has 1 amide bonds. The molecule has 0 bridgehead atoms. The first kappa shape index (κ1) is 14.8. The molecule has 1 aliphatic rings. The third kappa shape index (κ3) is 3.71. The van der Waals surface area contributed by atoms with E-state index in [2.05, 4.69) is 22.6 Å². The zero-order valence-corrected chi connectivity index (χ0v) is 12.3. The lowest BCUT2D eigenvalue weighted by Gasteiger charge is -2.21. The van der Waals surface area contributed by atoms with Crippen LogP contribution in [0.1, 0.15) is 35.7 Å². The Labute approximate surface area is 120 Å². The van der Waals surface area contributed by atoms with Crippen molar-refractivity contribution in [3.05, 3.63) is 29.3 Å². The highest BCUT2D eigenvalue weighted by Gasteiger charge is 2.16. The number of amides is 1. The predicted octanol–water partition coefficient (Wildman–Crippen LogP) is 1.49. The average Bonchev–Trinajstić information content (AvgIpc) is 2.91. The van der Waals surface area contributed by atoms with Crippen molar-refractivity contribution in [1.29, 1.82) is 0 Å². The molecular weight excluding hydrogens is 252 g/mol. The lowest BCUT2D eigenvalue weighted by atomic mass is 10.1. The predicted molar refractivity (Wildman–Crippen MR) is 81.6 cm³/mol. The minimum atomic E-state index is -0.0247. The molecule has 0 spiro atoms. The van der Waals surface area contributed by atoms with Crippen LogP contribution in [0.15, 0.2) is 18.2 Å². The van der Waals surface area contributed by atoms with E-state index in [4.69, 9.17) is 5.84 Å². The van der Waals surface area contributed by atoms with Crippen LogP contribution in [0.25, 0.3) is 0 Å². The van der Waals surface area contributed by atoms with Crippen molar-refractivity contribution in [2.45, 2.75) is 32.7 Å². The molecule has 2 rings (SSSR count). The number of hydrogen-bond acceptors (Lipinski definition) is 4. The van der Waals surface area contributed by atoms with Gasteiger partial charge in [-0.2, -0.15) is 0 Å². The molecular formula is C15H24N4O. The van der Waals surface area contributed by atoms with E-state index in [0.29, 0.717) is 5.56 Å². The van der Waals surface area contributed by atoms with Crippen LogP contribution in [0.5, 0.6) is 0 Å². The van der Waals surface area contributed by atoms with Gasteiger partial charge >= 0.3 is 0 Å². The van der Waals surface area contributed by atoms with Crippen molar-refractivity contribution in [1.82, 2.24) is 10.2 Å². The van der Waals surface area contributed by atoms with Crippen LogP contribution in [0.2, 0.25) is 0 Å². The van der Waals surface area contributed by atoms with Crippen LogP contribution in [-0.4, -0.2) is 36.5 Å². The third-order valence-electron chi connectivity index (χ3n) is 3.75. The number of nitrogen functional groups attached to an aromatic ring is 1. The minimum Gasteiger partial charge on any atom is -0.348 e. The average molecular weight is 276 g/mol. The van der Waals surface area contributed by atoms with Crippen molar-refractivity contribution in [3.8, 4) is 0 Å². The van der Waals surface area contributed by atoms with E-state index in [0.717, 1.165) is 30.9 Å². The quantitative estimate of drug-likeness (QED) is 0.563. The summed E-state index contributed by atoms with van der Waals surface area (Å²) in [5.74, 6) is 5.37. The highest BCUT2D eigenvalue weighted by Crippen LogP contribution is 2.15. The van der Waals surface area contributed by atoms with Gasteiger partial charge in [0.1, 0.15) is 0 Å². The zero-order valence-electron chi connectivity index (χ0n) is 12.3. The summed E-state index contributed by atoms with van der Waals surface area (Å²) in [4.78, 5) is 14.6. The number of nitrogens with two attached hydrogens (primary N) is 1. The van der Waals surface area contributed by atoms with Crippen molar-refractivity contribution >= 4 is 11.6 Å². The molecule has 0 radical (unpaired) electrons. The molecule has 1 aromatic rings. The first-order valence-electron chi connectivity index (χ1n) is 7.20. The summed E-state index contributed by atoms with van der Waals surface area (Å²) in [6, 6.07) is 5.64. The van der Waals surface area contributed by atoms with E-state index in [1.54, 1.807) is 6.07 Å². The van der Waals surface area contributed by atoms with Gasteiger partial charge in [-0.25, -0.2) is 0 Å². The number of hydrazine groups is 1. The third-order valence-corrected chi connectivity index (χ3v) is 3.75. The number of likely N-dealkylation sites (tertiary alicyclic amines) is 1. The molecule has 110 valence electrons.